The quantitative estimate of drug-likeness (QED) is 0.750. The fourth-order valence-corrected chi connectivity index (χ4v) is 1.73. The summed E-state index contributed by atoms with van der Waals surface area (Å²) in [5.41, 5.74) is 1.34. The first kappa shape index (κ1) is 14.1. The summed E-state index contributed by atoms with van der Waals surface area (Å²) >= 11 is 0. The Balaban J connectivity index is 2.23. The van der Waals surface area contributed by atoms with Crippen LogP contribution in [0.25, 0.3) is 0 Å². The number of carbonyl (C=O) groups excluding carboxylic acids is 1. The second kappa shape index (κ2) is 6.70. The van der Waals surface area contributed by atoms with E-state index in [1.54, 1.807) is 6.07 Å². The predicted molar refractivity (Wildman–Crippen MR) is 76.7 cm³/mol. The average molecular weight is 271 g/mol. The molecule has 1 heterocycles. The lowest BCUT2D eigenvalue weighted by Crippen LogP contribution is -1.99. The lowest BCUT2D eigenvalue weighted by molar-refractivity contribution is 0.112. The molecule has 2 aromatic rings. The largest absolute Gasteiger partial charge is 0.490 e. The predicted octanol–water partition coefficient (Wildman–Crippen LogP) is 3.78. The zero-order chi connectivity index (χ0) is 14.4. The number of para-hydroxylation sites is 2. The molecule has 0 aliphatic rings. The third-order valence-corrected chi connectivity index (χ3v) is 2.70. The van der Waals surface area contributed by atoms with Gasteiger partial charge < -0.3 is 9.47 Å². The van der Waals surface area contributed by atoms with Gasteiger partial charge in [0.25, 0.3) is 0 Å². The standard InChI is InChI=1S/C16H17NO3/c1-3-8-19-14-6-4-5-7-15(14)20-16-12(2)9-13(11-18)10-17-16/h4-7,9-11H,3,8H2,1-2H3. The summed E-state index contributed by atoms with van der Waals surface area (Å²) in [7, 11) is 0. The molecule has 0 saturated carbocycles. The summed E-state index contributed by atoms with van der Waals surface area (Å²) in [6, 6.07) is 9.21. The van der Waals surface area contributed by atoms with Crippen molar-refractivity contribution in [3.05, 3.63) is 47.7 Å². The molecule has 1 aromatic heterocycles. The molecule has 2 rings (SSSR count). The Morgan fingerprint density at radius 3 is 2.65 bits per heavy atom. The van der Waals surface area contributed by atoms with Crippen LogP contribution in [0.3, 0.4) is 0 Å². The SMILES string of the molecule is CCCOc1ccccc1Oc1ncc(C=O)cc1C. The summed E-state index contributed by atoms with van der Waals surface area (Å²) < 4.78 is 11.4. The van der Waals surface area contributed by atoms with E-state index in [4.69, 9.17) is 9.47 Å². The Bertz CT molecular complexity index is 596. The molecular weight excluding hydrogens is 254 g/mol. The third-order valence-electron chi connectivity index (χ3n) is 2.70. The number of rotatable bonds is 6. The fourth-order valence-electron chi connectivity index (χ4n) is 1.73. The number of aromatic nitrogens is 1. The first-order chi connectivity index (χ1) is 9.74. The van der Waals surface area contributed by atoms with E-state index in [1.807, 2.05) is 38.1 Å². The van der Waals surface area contributed by atoms with Crippen molar-refractivity contribution >= 4 is 6.29 Å². The van der Waals surface area contributed by atoms with Crippen LogP contribution in [0.2, 0.25) is 0 Å². The molecule has 0 fully saturated rings. The second-order valence-corrected chi connectivity index (χ2v) is 4.41. The van der Waals surface area contributed by atoms with Crippen LogP contribution in [0.4, 0.5) is 0 Å². The van der Waals surface area contributed by atoms with E-state index in [0.29, 0.717) is 29.5 Å². The van der Waals surface area contributed by atoms with E-state index < -0.39 is 0 Å². The Morgan fingerprint density at radius 2 is 2.00 bits per heavy atom. The number of hydrogen-bond acceptors (Lipinski definition) is 4. The van der Waals surface area contributed by atoms with E-state index in [0.717, 1.165) is 18.3 Å². The molecule has 0 radical (unpaired) electrons. The van der Waals surface area contributed by atoms with Crippen molar-refractivity contribution in [1.82, 2.24) is 4.98 Å². The number of benzene rings is 1. The van der Waals surface area contributed by atoms with Crippen molar-refractivity contribution < 1.29 is 14.3 Å². The molecule has 0 aliphatic heterocycles. The van der Waals surface area contributed by atoms with Crippen molar-refractivity contribution in [3.63, 3.8) is 0 Å². The molecule has 104 valence electrons. The summed E-state index contributed by atoms with van der Waals surface area (Å²) in [6.45, 7) is 4.54. The first-order valence-corrected chi connectivity index (χ1v) is 6.56. The van der Waals surface area contributed by atoms with Gasteiger partial charge in [-0.05, 0) is 31.5 Å². The summed E-state index contributed by atoms with van der Waals surface area (Å²) in [5.74, 6) is 1.79. The van der Waals surface area contributed by atoms with Crippen molar-refractivity contribution in [2.75, 3.05) is 6.61 Å². The average Bonchev–Trinajstić information content (AvgIpc) is 2.48. The van der Waals surface area contributed by atoms with Crippen LogP contribution in [0.5, 0.6) is 17.4 Å². The molecule has 0 atom stereocenters. The second-order valence-electron chi connectivity index (χ2n) is 4.41. The topological polar surface area (TPSA) is 48.4 Å². The van der Waals surface area contributed by atoms with Gasteiger partial charge in [0.2, 0.25) is 5.88 Å². The number of aldehydes is 1. The van der Waals surface area contributed by atoms with E-state index >= 15 is 0 Å². The number of aryl methyl sites for hydroxylation is 1. The maximum atomic E-state index is 10.7. The Hall–Kier alpha value is -2.36. The molecular formula is C16H17NO3. The number of pyridine rings is 1. The number of ether oxygens (including phenoxy) is 2. The van der Waals surface area contributed by atoms with E-state index in [9.17, 15) is 4.79 Å². The van der Waals surface area contributed by atoms with Gasteiger partial charge in [-0.1, -0.05) is 19.1 Å². The maximum Gasteiger partial charge on any atom is 0.222 e. The smallest absolute Gasteiger partial charge is 0.222 e. The van der Waals surface area contributed by atoms with E-state index in [2.05, 4.69) is 4.98 Å². The molecule has 0 bridgehead atoms. The minimum Gasteiger partial charge on any atom is -0.490 e. The van der Waals surface area contributed by atoms with Crippen molar-refractivity contribution in [3.8, 4) is 17.4 Å². The molecule has 0 N–H and O–H groups in total. The van der Waals surface area contributed by atoms with Gasteiger partial charge in [0.15, 0.2) is 17.8 Å². The van der Waals surface area contributed by atoms with Crippen molar-refractivity contribution in [2.45, 2.75) is 20.3 Å². The third kappa shape index (κ3) is 3.35. The molecule has 0 unspecified atom stereocenters. The highest BCUT2D eigenvalue weighted by molar-refractivity contribution is 5.74. The summed E-state index contributed by atoms with van der Waals surface area (Å²) in [6.07, 6.45) is 3.19. The number of nitrogens with zero attached hydrogens (tertiary/aromatic N) is 1. The highest BCUT2D eigenvalue weighted by Crippen LogP contribution is 2.31. The molecule has 0 spiro atoms. The highest BCUT2D eigenvalue weighted by Gasteiger charge is 2.09. The van der Waals surface area contributed by atoms with Gasteiger partial charge >= 0.3 is 0 Å². The maximum absolute atomic E-state index is 10.7. The molecule has 4 nitrogen and oxygen atoms in total. The Morgan fingerprint density at radius 1 is 1.25 bits per heavy atom. The normalized spacial score (nSPS) is 10.1. The number of carbonyl (C=O) groups is 1. The van der Waals surface area contributed by atoms with Gasteiger partial charge in [-0.2, -0.15) is 0 Å². The van der Waals surface area contributed by atoms with Crippen LogP contribution in [0, 0.1) is 6.92 Å². The highest BCUT2D eigenvalue weighted by atomic mass is 16.5. The minimum absolute atomic E-state index is 0.475. The van der Waals surface area contributed by atoms with Crippen molar-refractivity contribution in [1.29, 1.82) is 0 Å². The van der Waals surface area contributed by atoms with Gasteiger partial charge in [0, 0.05) is 17.3 Å². The van der Waals surface area contributed by atoms with Crippen LogP contribution >= 0.6 is 0 Å². The summed E-state index contributed by atoms with van der Waals surface area (Å²) in [4.78, 5) is 14.9. The molecule has 1 aromatic carbocycles. The molecule has 0 saturated heterocycles. The van der Waals surface area contributed by atoms with Gasteiger partial charge in [-0.3, -0.25) is 4.79 Å². The number of hydrogen-bond donors (Lipinski definition) is 0. The zero-order valence-corrected chi connectivity index (χ0v) is 11.6. The molecule has 4 heteroatoms. The van der Waals surface area contributed by atoms with Gasteiger partial charge in [-0.15, -0.1) is 0 Å². The fraction of sp³-hybridized carbons (Fsp3) is 0.250. The van der Waals surface area contributed by atoms with Crippen LogP contribution in [0.15, 0.2) is 36.5 Å². The van der Waals surface area contributed by atoms with Gasteiger partial charge in [-0.25, -0.2) is 4.98 Å². The molecule has 0 amide bonds. The monoisotopic (exact) mass is 271 g/mol. The summed E-state index contributed by atoms with van der Waals surface area (Å²) in [5, 5.41) is 0. The first-order valence-electron chi connectivity index (χ1n) is 6.56. The minimum atomic E-state index is 0.475. The lowest BCUT2D eigenvalue weighted by Gasteiger charge is -2.12. The lowest BCUT2D eigenvalue weighted by atomic mass is 10.2. The van der Waals surface area contributed by atoms with Crippen LogP contribution in [-0.2, 0) is 0 Å². The van der Waals surface area contributed by atoms with E-state index in [-0.39, 0.29) is 0 Å². The van der Waals surface area contributed by atoms with Gasteiger partial charge in [0.1, 0.15) is 0 Å². The molecule has 20 heavy (non-hydrogen) atoms. The van der Waals surface area contributed by atoms with Crippen LogP contribution < -0.4 is 9.47 Å². The zero-order valence-electron chi connectivity index (χ0n) is 11.6. The Kier molecular flexibility index (Phi) is 4.71. The van der Waals surface area contributed by atoms with Crippen LogP contribution in [-0.4, -0.2) is 17.9 Å². The Labute approximate surface area is 118 Å². The van der Waals surface area contributed by atoms with Gasteiger partial charge in [0.05, 0.1) is 6.61 Å². The van der Waals surface area contributed by atoms with Crippen molar-refractivity contribution in [2.24, 2.45) is 0 Å². The van der Waals surface area contributed by atoms with Crippen LogP contribution in [0.1, 0.15) is 29.3 Å². The van der Waals surface area contributed by atoms with E-state index in [1.165, 1.54) is 6.20 Å². The molecule has 0 aliphatic carbocycles.